The molecule has 0 aromatic rings. The number of carboxylic acid groups (broad SMARTS) is 1. The first-order valence-electron chi connectivity index (χ1n) is 7.64. The fourth-order valence-electron chi connectivity index (χ4n) is 3.69. The Hall–Kier alpha value is -0.610. The number of piperidine rings is 1. The zero-order valence-corrected chi connectivity index (χ0v) is 12.4. The molecule has 0 aromatic heterocycles. The topological polar surface area (TPSA) is 52.6 Å². The summed E-state index contributed by atoms with van der Waals surface area (Å²) in [4.78, 5) is 13.7. The summed E-state index contributed by atoms with van der Waals surface area (Å²) in [5.74, 6) is -0.757. The molecule has 2 fully saturated rings. The number of nitrogens with zero attached hydrogens (tertiary/aromatic N) is 1. The number of likely N-dealkylation sites (tertiary alicyclic amines) is 1. The predicted molar refractivity (Wildman–Crippen MR) is 76.3 cm³/mol. The van der Waals surface area contributed by atoms with Crippen molar-refractivity contribution in [2.24, 2.45) is 5.41 Å². The van der Waals surface area contributed by atoms with Crippen LogP contribution in [0.25, 0.3) is 0 Å². The second-order valence-corrected chi connectivity index (χ2v) is 6.72. The summed E-state index contributed by atoms with van der Waals surface area (Å²) in [7, 11) is 1.74. The number of aliphatic carboxylic acids is 1. The summed E-state index contributed by atoms with van der Waals surface area (Å²) in [6, 6.07) is 0. The Bertz CT molecular complexity index is 316. The third kappa shape index (κ3) is 3.29. The molecular weight excluding hydrogens is 240 g/mol. The van der Waals surface area contributed by atoms with Gasteiger partial charge < -0.3 is 15.3 Å². The lowest BCUT2D eigenvalue weighted by Crippen LogP contribution is -2.57. The molecule has 0 amide bonds. The highest BCUT2D eigenvalue weighted by atomic mass is 16.4. The number of rotatable bonds is 4. The minimum atomic E-state index is -0.822. The summed E-state index contributed by atoms with van der Waals surface area (Å²) < 4.78 is 0. The van der Waals surface area contributed by atoms with Crippen molar-refractivity contribution in [1.82, 2.24) is 10.2 Å². The van der Waals surface area contributed by atoms with Crippen LogP contribution in [0.15, 0.2) is 0 Å². The fraction of sp³-hybridized carbons (Fsp3) is 0.933. The van der Waals surface area contributed by atoms with Crippen LogP contribution in [0, 0.1) is 5.41 Å². The van der Waals surface area contributed by atoms with Crippen molar-refractivity contribution in [3.8, 4) is 0 Å². The summed E-state index contributed by atoms with van der Waals surface area (Å²) in [6.07, 6.45) is 9.49. The SMILES string of the molecule is CNC(C)(CN1CCC2(CCCCC2)CC1)C(=O)O. The smallest absolute Gasteiger partial charge is 0.324 e. The highest BCUT2D eigenvalue weighted by Gasteiger charge is 2.39. The first-order valence-corrected chi connectivity index (χ1v) is 7.64. The quantitative estimate of drug-likeness (QED) is 0.820. The van der Waals surface area contributed by atoms with Gasteiger partial charge in [-0.15, -0.1) is 0 Å². The van der Waals surface area contributed by atoms with Gasteiger partial charge in [0.05, 0.1) is 0 Å². The zero-order valence-electron chi connectivity index (χ0n) is 12.4. The van der Waals surface area contributed by atoms with Gasteiger partial charge in [0, 0.05) is 6.54 Å². The highest BCUT2D eigenvalue weighted by molar-refractivity contribution is 5.78. The molecule has 1 spiro atoms. The van der Waals surface area contributed by atoms with Crippen LogP contribution in [0.5, 0.6) is 0 Å². The Labute approximate surface area is 116 Å². The predicted octanol–water partition coefficient (Wildman–Crippen LogP) is 2.10. The zero-order chi connectivity index (χ0) is 13.9. The minimum Gasteiger partial charge on any atom is -0.480 e. The average Bonchev–Trinajstić information content (AvgIpc) is 2.42. The van der Waals surface area contributed by atoms with E-state index in [0.29, 0.717) is 12.0 Å². The summed E-state index contributed by atoms with van der Waals surface area (Å²) >= 11 is 0. The van der Waals surface area contributed by atoms with Gasteiger partial charge in [-0.3, -0.25) is 4.79 Å². The van der Waals surface area contributed by atoms with Crippen molar-refractivity contribution in [3.05, 3.63) is 0 Å². The van der Waals surface area contributed by atoms with Crippen molar-refractivity contribution in [2.45, 2.75) is 57.4 Å². The van der Waals surface area contributed by atoms with Crippen molar-refractivity contribution in [1.29, 1.82) is 0 Å². The lowest BCUT2D eigenvalue weighted by Gasteiger charge is -2.45. The van der Waals surface area contributed by atoms with E-state index >= 15 is 0 Å². The third-order valence-corrected chi connectivity index (χ3v) is 5.39. The van der Waals surface area contributed by atoms with Crippen LogP contribution in [0.1, 0.15) is 51.9 Å². The number of carbonyl (C=O) groups is 1. The number of nitrogens with one attached hydrogen (secondary N) is 1. The maximum absolute atomic E-state index is 11.3. The van der Waals surface area contributed by atoms with Gasteiger partial charge in [0.2, 0.25) is 0 Å². The van der Waals surface area contributed by atoms with Crippen LogP contribution in [0.2, 0.25) is 0 Å². The Morgan fingerprint density at radius 2 is 1.79 bits per heavy atom. The van der Waals surface area contributed by atoms with Crippen molar-refractivity contribution >= 4 is 5.97 Å². The molecule has 1 saturated heterocycles. The molecule has 4 nitrogen and oxygen atoms in total. The molecule has 0 aromatic carbocycles. The van der Waals surface area contributed by atoms with Crippen LogP contribution in [-0.4, -0.2) is 48.2 Å². The van der Waals surface area contributed by atoms with E-state index in [1.165, 1.54) is 44.9 Å². The first-order chi connectivity index (χ1) is 9.00. The molecule has 1 aliphatic heterocycles. The van der Waals surface area contributed by atoms with E-state index < -0.39 is 11.5 Å². The van der Waals surface area contributed by atoms with Gasteiger partial charge in [-0.1, -0.05) is 19.3 Å². The number of hydrogen-bond donors (Lipinski definition) is 2. The van der Waals surface area contributed by atoms with Crippen LogP contribution < -0.4 is 5.32 Å². The molecule has 0 radical (unpaired) electrons. The van der Waals surface area contributed by atoms with Crippen molar-refractivity contribution in [2.75, 3.05) is 26.7 Å². The molecule has 2 aliphatic rings. The summed E-state index contributed by atoms with van der Waals surface area (Å²) in [5, 5.41) is 12.3. The van der Waals surface area contributed by atoms with Gasteiger partial charge in [0.15, 0.2) is 0 Å². The van der Waals surface area contributed by atoms with Crippen LogP contribution in [-0.2, 0) is 4.79 Å². The van der Waals surface area contributed by atoms with E-state index in [9.17, 15) is 9.90 Å². The molecule has 2 rings (SSSR count). The van der Waals surface area contributed by atoms with Crippen LogP contribution in [0.4, 0.5) is 0 Å². The monoisotopic (exact) mass is 268 g/mol. The van der Waals surface area contributed by atoms with Crippen molar-refractivity contribution in [3.63, 3.8) is 0 Å². The number of hydrogen-bond acceptors (Lipinski definition) is 3. The molecule has 1 saturated carbocycles. The van der Waals surface area contributed by atoms with Gasteiger partial charge in [0.25, 0.3) is 0 Å². The average molecular weight is 268 g/mol. The van der Waals surface area contributed by atoms with E-state index in [1.807, 2.05) is 0 Å². The van der Waals surface area contributed by atoms with E-state index in [1.54, 1.807) is 14.0 Å². The second-order valence-electron chi connectivity index (χ2n) is 6.72. The normalized spacial score (nSPS) is 27.1. The standard InChI is InChI=1S/C15H28N2O2/c1-14(16-2,13(18)19)12-17-10-8-15(9-11-17)6-4-3-5-7-15/h16H,3-12H2,1-2H3,(H,18,19). The van der Waals surface area contributed by atoms with E-state index in [0.717, 1.165) is 13.1 Å². The fourth-order valence-corrected chi connectivity index (χ4v) is 3.69. The molecule has 1 unspecified atom stereocenters. The number of carboxylic acids is 1. The third-order valence-electron chi connectivity index (χ3n) is 5.39. The van der Waals surface area contributed by atoms with E-state index in [2.05, 4.69) is 10.2 Å². The maximum Gasteiger partial charge on any atom is 0.324 e. The molecule has 4 heteroatoms. The van der Waals surface area contributed by atoms with E-state index in [4.69, 9.17) is 0 Å². The Kier molecular flexibility index (Phi) is 4.51. The summed E-state index contributed by atoms with van der Waals surface area (Å²) in [5.41, 5.74) is -0.231. The van der Waals surface area contributed by atoms with Gasteiger partial charge in [0.1, 0.15) is 5.54 Å². The Morgan fingerprint density at radius 3 is 2.26 bits per heavy atom. The first kappa shape index (κ1) is 14.8. The molecule has 1 atom stereocenters. The molecule has 0 bridgehead atoms. The molecule has 19 heavy (non-hydrogen) atoms. The van der Waals surface area contributed by atoms with E-state index in [-0.39, 0.29) is 0 Å². The number of likely N-dealkylation sites (N-methyl/N-ethyl adjacent to an activating group) is 1. The second kappa shape index (κ2) is 5.80. The van der Waals surface area contributed by atoms with Crippen LogP contribution in [0.3, 0.4) is 0 Å². The minimum absolute atomic E-state index is 0.591. The van der Waals surface area contributed by atoms with Gasteiger partial charge >= 0.3 is 5.97 Å². The molecule has 1 aliphatic carbocycles. The van der Waals surface area contributed by atoms with Gasteiger partial charge in [-0.05, 0) is 58.2 Å². The lowest BCUT2D eigenvalue weighted by molar-refractivity contribution is -0.145. The Morgan fingerprint density at radius 1 is 1.21 bits per heavy atom. The molecule has 2 N–H and O–H groups in total. The van der Waals surface area contributed by atoms with Crippen molar-refractivity contribution < 1.29 is 9.90 Å². The molecular formula is C15H28N2O2. The molecule has 1 heterocycles. The van der Waals surface area contributed by atoms with Gasteiger partial charge in [-0.25, -0.2) is 0 Å². The maximum atomic E-state index is 11.3. The van der Waals surface area contributed by atoms with Crippen LogP contribution >= 0.6 is 0 Å². The largest absolute Gasteiger partial charge is 0.480 e. The summed E-state index contributed by atoms with van der Waals surface area (Å²) in [6.45, 7) is 4.50. The highest BCUT2D eigenvalue weighted by Crippen LogP contribution is 2.44. The van der Waals surface area contributed by atoms with Gasteiger partial charge in [-0.2, -0.15) is 0 Å². The Balaban J connectivity index is 1.87. The molecule has 110 valence electrons. The lowest BCUT2D eigenvalue weighted by atomic mass is 9.68.